The minimum atomic E-state index is -0.215. The number of nitrogens with zero attached hydrogens (tertiary/aromatic N) is 2. The molecule has 0 spiro atoms. The quantitative estimate of drug-likeness (QED) is 0.832. The first-order chi connectivity index (χ1) is 9.66. The van der Waals surface area contributed by atoms with Crippen molar-refractivity contribution in [3.05, 3.63) is 0 Å². The highest BCUT2D eigenvalue weighted by molar-refractivity contribution is 5.83. The Morgan fingerprint density at radius 2 is 1.95 bits per heavy atom. The topological polar surface area (TPSA) is 49.6 Å². The first kappa shape index (κ1) is 14.3. The van der Waals surface area contributed by atoms with Crippen LogP contribution in [0.2, 0.25) is 0 Å². The summed E-state index contributed by atoms with van der Waals surface area (Å²) in [5.74, 6) is 1.05. The third-order valence-corrected chi connectivity index (χ3v) is 6.04. The zero-order chi connectivity index (χ0) is 14.2. The van der Waals surface area contributed by atoms with E-state index in [1.165, 1.54) is 32.2 Å². The van der Waals surface area contributed by atoms with Gasteiger partial charge in [0.05, 0.1) is 5.41 Å². The maximum Gasteiger partial charge on any atom is 0.230 e. The van der Waals surface area contributed by atoms with Gasteiger partial charge in [-0.2, -0.15) is 0 Å². The van der Waals surface area contributed by atoms with E-state index < -0.39 is 0 Å². The number of hydrogen-bond acceptors (Lipinski definition) is 3. The van der Waals surface area contributed by atoms with Crippen LogP contribution in [-0.4, -0.2) is 55.0 Å². The van der Waals surface area contributed by atoms with Crippen LogP contribution in [-0.2, 0) is 4.79 Å². The molecule has 3 aliphatic rings. The SMILES string of the molecule is CN1CCCC2CN(C(=O)C3(CN)CCCC3)CCC21. The van der Waals surface area contributed by atoms with Gasteiger partial charge in [0.15, 0.2) is 0 Å². The minimum absolute atomic E-state index is 0.215. The largest absolute Gasteiger partial charge is 0.342 e. The monoisotopic (exact) mass is 279 g/mol. The standard InChI is InChI=1S/C16H29N3O/c1-18-9-4-5-13-11-19(10-6-14(13)18)15(20)16(12-17)7-2-3-8-16/h13-14H,2-12,17H2,1H3. The van der Waals surface area contributed by atoms with Crippen LogP contribution in [0.15, 0.2) is 0 Å². The maximum absolute atomic E-state index is 12.9. The zero-order valence-electron chi connectivity index (χ0n) is 12.8. The summed E-state index contributed by atoms with van der Waals surface area (Å²) in [6.07, 6.45) is 8.07. The van der Waals surface area contributed by atoms with Crippen molar-refractivity contribution in [2.45, 2.75) is 51.0 Å². The summed E-state index contributed by atoms with van der Waals surface area (Å²) < 4.78 is 0. The van der Waals surface area contributed by atoms with Crippen molar-refractivity contribution in [1.29, 1.82) is 0 Å². The Kier molecular flexibility index (Phi) is 4.04. The smallest absolute Gasteiger partial charge is 0.230 e. The predicted octanol–water partition coefficient (Wildman–Crippen LogP) is 1.45. The number of nitrogens with two attached hydrogens (primary N) is 1. The van der Waals surface area contributed by atoms with Gasteiger partial charge in [-0.15, -0.1) is 0 Å². The van der Waals surface area contributed by atoms with Gasteiger partial charge in [0.25, 0.3) is 0 Å². The van der Waals surface area contributed by atoms with Gasteiger partial charge in [0.2, 0.25) is 5.91 Å². The summed E-state index contributed by atoms with van der Waals surface area (Å²) in [6, 6.07) is 0.699. The molecule has 2 unspecified atom stereocenters. The Labute approximate surface area is 122 Å². The number of hydrogen-bond donors (Lipinski definition) is 1. The second-order valence-corrected chi connectivity index (χ2v) is 7.18. The molecule has 2 saturated heterocycles. The lowest BCUT2D eigenvalue weighted by atomic mass is 9.80. The average Bonchev–Trinajstić information content (AvgIpc) is 2.96. The van der Waals surface area contributed by atoms with Gasteiger partial charge in [-0.3, -0.25) is 4.79 Å². The van der Waals surface area contributed by atoms with E-state index in [1.807, 2.05) is 0 Å². The van der Waals surface area contributed by atoms with E-state index in [0.29, 0.717) is 24.4 Å². The molecule has 0 aromatic rings. The van der Waals surface area contributed by atoms with Crippen molar-refractivity contribution in [1.82, 2.24) is 9.80 Å². The molecule has 1 amide bonds. The van der Waals surface area contributed by atoms with Gasteiger partial charge in [0, 0.05) is 25.7 Å². The van der Waals surface area contributed by atoms with Crippen LogP contribution in [0.1, 0.15) is 44.9 Å². The molecule has 114 valence electrons. The molecule has 2 N–H and O–H groups in total. The Balaban J connectivity index is 1.68. The Hall–Kier alpha value is -0.610. The molecule has 4 heteroatoms. The van der Waals surface area contributed by atoms with Gasteiger partial charge in [0.1, 0.15) is 0 Å². The number of amides is 1. The lowest BCUT2D eigenvalue weighted by Gasteiger charge is -2.47. The molecule has 20 heavy (non-hydrogen) atoms. The summed E-state index contributed by atoms with van der Waals surface area (Å²) in [6.45, 7) is 3.67. The first-order valence-corrected chi connectivity index (χ1v) is 8.36. The van der Waals surface area contributed by atoms with Gasteiger partial charge in [-0.05, 0) is 51.6 Å². The molecule has 4 nitrogen and oxygen atoms in total. The molecule has 2 atom stereocenters. The van der Waals surface area contributed by atoms with E-state index in [9.17, 15) is 4.79 Å². The van der Waals surface area contributed by atoms with Crippen LogP contribution in [0, 0.1) is 11.3 Å². The van der Waals surface area contributed by atoms with E-state index in [0.717, 1.165) is 32.4 Å². The number of rotatable bonds is 2. The van der Waals surface area contributed by atoms with Crippen LogP contribution < -0.4 is 5.73 Å². The number of fused-ring (bicyclic) bond motifs is 1. The Morgan fingerprint density at radius 3 is 2.65 bits per heavy atom. The lowest BCUT2D eigenvalue weighted by molar-refractivity contribution is -0.145. The molecule has 1 aliphatic carbocycles. The van der Waals surface area contributed by atoms with E-state index in [4.69, 9.17) is 5.73 Å². The number of carbonyl (C=O) groups excluding carboxylic acids is 1. The van der Waals surface area contributed by atoms with Gasteiger partial charge < -0.3 is 15.5 Å². The predicted molar refractivity (Wildman–Crippen MR) is 80.3 cm³/mol. The van der Waals surface area contributed by atoms with Gasteiger partial charge in [-0.25, -0.2) is 0 Å². The average molecular weight is 279 g/mol. The number of likely N-dealkylation sites (tertiary alicyclic amines) is 2. The van der Waals surface area contributed by atoms with Crippen LogP contribution in [0.3, 0.4) is 0 Å². The third-order valence-electron chi connectivity index (χ3n) is 6.04. The summed E-state index contributed by atoms with van der Waals surface area (Å²) in [5.41, 5.74) is 5.76. The third kappa shape index (κ3) is 2.37. The molecule has 2 heterocycles. The van der Waals surface area contributed by atoms with Crippen molar-refractivity contribution < 1.29 is 4.79 Å². The van der Waals surface area contributed by atoms with Crippen LogP contribution in [0.4, 0.5) is 0 Å². The van der Waals surface area contributed by atoms with Crippen LogP contribution >= 0.6 is 0 Å². The molecule has 1 saturated carbocycles. The fraction of sp³-hybridized carbons (Fsp3) is 0.938. The Bertz CT molecular complexity index is 365. The van der Waals surface area contributed by atoms with E-state index in [2.05, 4.69) is 16.8 Å². The zero-order valence-corrected chi connectivity index (χ0v) is 12.8. The maximum atomic E-state index is 12.9. The number of piperidine rings is 2. The highest BCUT2D eigenvalue weighted by atomic mass is 16.2. The molecule has 3 rings (SSSR count). The first-order valence-electron chi connectivity index (χ1n) is 8.36. The van der Waals surface area contributed by atoms with Gasteiger partial charge in [-0.1, -0.05) is 12.8 Å². The van der Waals surface area contributed by atoms with Crippen molar-refractivity contribution in [2.75, 3.05) is 33.2 Å². The summed E-state index contributed by atoms with van der Waals surface area (Å²) in [4.78, 5) is 17.6. The highest BCUT2D eigenvalue weighted by Crippen LogP contribution is 2.40. The highest BCUT2D eigenvalue weighted by Gasteiger charge is 2.45. The molecule has 0 radical (unpaired) electrons. The molecule has 3 fully saturated rings. The lowest BCUT2D eigenvalue weighted by Crippen LogP contribution is -2.57. The van der Waals surface area contributed by atoms with Crippen LogP contribution in [0.25, 0.3) is 0 Å². The summed E-state index contributed by atoms with van der Waals surface area (Å²) >= 11 is 0. The second kappa shape index (κ2) is 5.64. The second-order valence-electron chi connectivity index (χ2n) is 7.18. The number of carbonyl (C=O) groups is 1. The molecule has 2 aliphatic heterocycles. The molecular weight excluding hydrogens is 250 g/mol. The van der Waals surface area contributed by atoms with E-state index in [1.54, 1.807) is 0 Å². The van der Waals surface area contributed by atoms with E-state index >= 15 is 0 Å². The van der Waals surface area contributed by atoms with Crippen LogP contribution in [0.5, 0.6) is 0 Å². The van der Waals surface area contributed by atoms with Crippen molar-refractivity contribution in [3.63, 3.8) is 0 Å². The molecule has 0 aromatic heterocycles. The van der Waals surface area contributed by atoms with Crippen molar-refractivity contribution in [3.8, 4) is 0 Å². The fourth-order valence-electron chi connectivity index (χ4n) is 4.73. The fourth-order valence-corrected chi connectivity index (χ4v) is 4.73. The Morgan fingerprint density at radius 1 is 1.20 bits per heavy atom. The molecular formula is C16H29N3O. The minimum Gasteiger partial charge on any atom is -0.342 e. The van der Waals surface area contributed by atoms with Gasteiger partial charge >= 0.3 is 0 Å². The van der Waals surface area contributed by atoms with Crippen molar-refractivity contribution >= 4 is 5.91 Å². The summed E-state index contributed by atoms with van der Waals surface area (Å²) in [5, 5.41) is 0. The van der Waals surface area contributed by atoms with Crippen molar-refractivity contribution in [2.24, 2.45) is 17.1 Å². The normalized spacial score (nSPS) is 34.0. The summed E-state index contributed by atoms with van der Waals surface area (Å²) in [7, 11) is 2.24. The molecule has 0 aromatic carbocycles. The molecule has 0 bridgehead atoms. The van der Waals surface area contributed by atoms with E-state index in [-0.39, 0.29) is 5.41 Å².